The van der Waals surface area contributed by atoms with Gasteiger partial charge in [0.05, 0.1) is 18.0 Å². The lowest BCUT2D eigenvalue weighted by molar-refractivity contribution is -0.113. The van der Waals surface area contributed by atoms with Crippen LogP contribution in [0.2, 0.25) is 5.02 Å². The van der Waals surface area contributed by atoms with Gasteiger partial charge in [-0.15, -0.1) is 11.5 Å². The maximum Gasteiger partial charge on any atom is 0.234 e. The van der Waals surface area contributed by atoms with Crippen molar-refractivity contribution in [1.29, 1.82) is 0 Å². The van der Waals surface area contributed by atoms with Crippen molar-refractivity contribution in [2.24, 2.45) is 0 Å². The van der Waals surface area contributed by atoms with E-state index in [1.165, 1.54) is 11.8 Å². The van der Waals surface area contributed by atoms with Crippen LogP contribution in [0.4, 0.5) is 11.4 Å². The summed E-state index contributed by atoms with van der Waals surface area (Å²) < 4.78 is 1.58. The summed E-state index contributed by atoms with van der Waals surface area (Å²) in [7, 11) is 0. The third-order valence-electron chi connectivity index (χ3n) is 5.05. The molecule has 1 fully saturated rings. The van der Waals surface area contributed by atoms with Crippen LogP contribution < -0.4 is 10.2 Å². The minimum absolute atomic E-state index is 0.128. The molecule has 0 bridgehead atoms. The molecule has 164 valence electrons. The highest BCUT2D eigenvalue weighted by molar-refractivity contribution is 7.99. The van der Waals surface area contributed by atoms with Gasteiger partial charge in [0.2, 0.25) is 11.1 Å². The number of hydrogen-bond donors (Lipinski definition) is 1. The molecule has 1 aromatic heterocycles. The van der Waals surface area contributed by atoms with Crippen LogP contribution in [0.5, 0.6) is 0 Å². The molecular weight excluding hydrogens is 446 g/mol. The predicted molar refractivity (Wildman–Crippen MR) is 127 cm³/mol. The summed E-state index contributed by atoms with van der Waals surface area (Å²) >= 11 is 7.20. The third-order valence-corrected chi connectivity index (χ3v) is 6.22. The Kier molecular flexibility index (Phi) is 7.27. The number of carbonyl (C=O) groups is 1. The summed E-state index contributed by atoms with van der Waals surface area (Å²) in [5.74, 6) is 2.76. The van der Waals surface area contributed by atoms with Gasteiger partial charge in [0, 0.05) is 42.6 Å². The number of anilines is 2. The molecule has 1 aliphatic heterocycles. The Balaban J connectivity index is 1.29. The van der Waals surface area contributed by atoms with Crippen LogP contribution in [-0.4, -0.2) is 69.5 Å². The van der Waals surface area contributed by atoms with E-state index in [1.54, 1.807) is 16.8 Å². The number of carbonyl (C=O) groups excluding carboxylic acids is 1. The minimum Gasteiger partial charge on any atom is -0.369 e. The van der Waals surface area contributed by atoms with Gasteiger partial charge in [-0.2, -0.15) is 4.68 Å². The van der Waals surface area contributed by atoms with Gasteiger partial charge in [-0.1, -0.05) is 29.3 Å². The van der Waals surface area contributed by atoms with Gasteiger partial charge in [-0.25, -0.2) is 0 Å². The van der Waals surface area contributed by atoms with E-state index in [1.807, 2.05) is 36.4 Å². The number of benzene rings is 2. The zero-order chi connectivity index (χ0) is 22.3. The first-order valence-electron chi connectivity index (χ1n) is 10.1. The van der Waals surface area contributed by atoms with Crippen LogP contribution in [0.15, 0.2) is 53.7 Å². The van der Waals surface area contributed by atoms with Gasteiger partial charge < -0.3 is 10.2 Å². The van der Waals surface area contributed by atoms with Crippen molar-refractivity contribution in [2.45, 2.75) is 5.16 Å². The van der Waals surface area contributed by atoms with Gasteiger partial charge in [-0.3, -0.25) is 9.69 Å². The largest absolute Gasteiger partial charge is 0.369 e. The first kappa shape index (κ1) is 22.1. The van der Waals surface area contributed by atoms with Gasteiger partial charge in [0.25, 0.3) is 0 Å². The first-order chi connectivity index (χ1) is 15.6. The second-order valence-corrected chi connectivity index (χ2v) is 8.58. The molecule has 0 unspecified atom stereocenters. The summed E-state index contributed by atoms with van der Waals surface area (Å²) in [6.45, 7) is 4.48. The highest BCUT2D eigenvalue weighted by atomic mass is 35.5. The van der Waals surface area contributed by atoms with Crippen molar-refractivity contribution >= 4 is 40.6 Å². The zero-order valence-corrected chi connectivity index (χ0v) is 18.9. The topological polar surface area (TPSA) is 79.2 Å². The molecule has 2 aromatic carbocycles. The lowest BCUT2D eigenvalue weighted by atomic mass is 10.2. The molecule has 1 aliphatic rings. The van der Waals surface area contributed by atoms with Crippen molar-refractivity contribution in [3.05, 3.63) is 53.6 Å². The smallest absolute Gasteiger partial charge is 0.234 e. The fourth-order valence-corrected chi connectivity index (χ4v) is 4.21. The van der Waals surface area contributed by atoms with E-state index in [9.17, 15) is 4.79 Å². The molecule has 1 saturated heterocycles. The highest BCUT2D eigenvalue weighted by Crippen LogP contribution is 2.22. The Bertz CT molecular complexity index is 1090. The number of amides is 1. The standard InChI is InChI=1S/C22H22ClN7OS/c1-2-11-28-12-14-29(15-13-28)19-9-5-18(6-10-19)24-21(31)16-32-22-25-26-27-30(22)20-7-3-17(23)4-8-20/h1,3-10H,11-16H2,(H,24,31). The SMILES string of the molecule is C#CCN1CCN(c2ccc(NC(=O)CSc3nnnn3-c3ccc(Cl)cc3)cc2)CC1. The van der Waals surface area contributed by atoms with Gasteiger partial charge in [0.1, 0.15) is 0 Å². The average Bonchev–Trinajstić information content (AvgIpc) is 3.28. The number of aromatic nitrogens is 4. The van der Waals surface area contributed by atoms with Gasteiger partial charge in [0.15, 0.2) is 0 Å². The molecule has 1 amide bonds. The lowest BCUT2D eigenvalue weighted by Crippen LogP contribution is -2.46. The third kappa shape index (κ3) is 5.59. The number of rotatable bonds is 7. The molecular formula is C22H22ClN7OS. The van der Waals surface area contributed by atoms with Crippen molar-refractivity contribution in [2.75, 3.05) is 48.7 Å². The molecule has 8 nitrogen and oxygen atoms in total. The maximum absolute atomic E-state index is 12.4. The van der Waals surface area contributed by atoms with Crippen LogP contribution in [0.1, 0.15) is 0 Å². The van der Waals surface area contributed by atoms with Crippen molar-refractivity contribution in [1.82, 2.24) is 25.1 Å². The molecule has 2 heterocycles. The van der Waals surface area contributed by atoms with Crippen molar-refractivity contribution < 1.29 is 4.79 Å². The summed E-state index contributed by atoms with van der Waals surface area (Å²) in [5, 5.41) is 15.8. The maximum atomic E-state index is 12.4. The monoisotopic (exact) mass is 467 g/mol. The second kappa shape index (κ2) is 10.5. The van der Waals surface area contributed by atoms with E-state index in [4.69, 9.17) is 18.0 Å². The minimum atomic E-state index is -0.128. The number of halogens is 1. The van der Waals surface area contributed by atoms with Gasteiger partial charge in [-0.05, 0) is 59.0 Å². The van der Waals surface area contributed by atoms with E-state index < -0.39 is 0 Å². The summed E-state index contributed by atoms with van der Waals surface area (Å²) in [6, 6.07) is 15.1. The van der Waals surface area contributed by atoms with E-state index in [2.05, 4.69) is 36.6 Å². The number of hydrogen-bond acceptors (Lipinski definition) is 7. The number of piperazine rings is 1. The Hall–Kier alpha value is -3.06. The molecule has 0 saturated carbocycles. The Labute approximate surface area is 195 Å². The van der Waals surface area contributed by atoms with Gasteiger partial charge >= 0.3 is 0 Å². The molecule has 0 spiro atoms. The summed E-state index contributed by atoms with van der Waals surface area (Å²) in [6.07, 6.45) is 5.39. The van der Waals surface area contributed by atoms with Crippen LogP contribution in [-0.2, 0) is 4.79 Å². The van der Waals surface area contributed by atoms with E-state index >= 15 is 0 Å². The Morgan fingerprint density at radius 3 is 2.44 bits per heavy atom. The average molecular weight is 468 g/mol. The number of thioether (sulfide) groups is 1. The number of terminal acetylenes is 1. The van der Waals surface area contributed by atoms with E-state index in [0.29, 0.717) is 16.7 Å². The van der Waals surface area contributed by atoms with Crippen molar-refractivity contribution in [3.63, 3.8) is 0 Å². The molecule has 32 heavy (non-hydrogen) atoms. The Morgan fingerprint density at radius 2 is 1.75 bits per heavy atom. The van der Waals surface area contributed by atoms with Crippen LogP contribution >= 0.6 is 23.4 Å². The fourth-order valence-electron chi connectivity index (χ4n) is 3.39. The molecule has 1 N–H and O–H groups in total. The Morgan fingerprint density at radius 1 is 1.06 bits per heavy atom. The van der Waals surface area contributed by atoms with Crippen molar-refractivity contribution in [3.8, 4) is 18.0 Å². The van der Waals surface area contributed by atoms with Crippen LogP contribution in [0, 0.1) is 12.3 Å². The molecule has 3 aromatic rings. The zero-order valence-electron chi connectivity index (χ0n) is 17.3. The van der Waals surface area contributed by atoms with E-state index in [-0.39, 0.29) is 11.7 Å². The summed E-state index contributed by atoms with van der Waals surface area (Å²) in [5.41, 5.74) is 2.67. The van der Waals surface area contributed by atoms with Crippen LogP contribution in [0.3, 0.4) is 0 Å². The molecule has 10 heteroatoms. The highest BCUT2D eigenvalue weighted by Gasteiger charge is 2.16. The predicted octanol–water partition coefficient (Wildman–Crippen LogP) is 2.80. The molecule has 0 aliphatic carbocycles. The molecule has 0 radical (unpaired) electrons. The normalized spacial score (nSPS) is 14.2. The van der Waals surface area contributed by atoms with E-state index in [0.717, 1.165) is 43.2 Å². The number of nitrogens with zero attached hydrogens (tertiary/aromatic N) is 6. The molecule has 0 atom stereocenters. The lowest BCUT2D eigenvalue weighted by Gasteiger charge is -2.35. The summed E-state index contributed by atoms with van der Waals surface area (Å²) in [4.78, 5) is 17.0. The first-order valence-corrected chi connectivity index (χ1v) is 11.5. The second-order valence-electron chi connectivity index (χ2n) is 7.20. The fraction of sp³-hybridized carbons (Fsp3) is 0.273. The quantitative estimate of drug-likeness (QED) is 0.422. The molecule has 4 rings (SSSR count). The number of tetrazole rings is 1. The number of nitrogens with one attached hydrogen (secondary N) is 1. The van der Waals surface area contributed by atoms with Crippen LogP contribution in [0.25, 0.3) is 5.69 Å².